The summed E-state index contributed by atoms with van der Waals surface area (Å²) in [5.41, 5.74) is 1.27. The Labute approximate surface area is 121 Å². The minimum absolute atomic E-state index is 0.485. The number of aliphatic carboxylic acids is 1. The molecular formula is C14H18BrNO3. The quantitative estimate of drug-likeness (QED) is 0.873. The van der Waals surface area contributed by atoms with Crippen molar-refractivity contribution < 1.29 is 14.6 Å². The van der Waals surface area contributed by atoms with Crippen molar-refractivity contribution in [1.29, 1.82) is 0 Å². The van der Waals surface area contributed by atoms with Crippen LogP contribution in [0.5, 0.6) is 5.75 Å². The lowest BCUT2D eigenvalue weighted by molar-refractivity contribution is -0.144. The van der Waals surface area contributed by atoms with Crippen LogP contribution in [0.25, 0.3) is 0 Å². The number of fused-ring (bicyclic) bond motifs is 1. The maximum Gasteiger partial charge on any atom is 0.323 e. The molecule has 2 N–H and O–H groups in total. The SMILES string of the molecule is CCC(C)(NCc1cc(Br)cc2c1OCC2)C(=O)O. The average Bonchev–Trinajstić information content (AvgIpc) is 2.83. The van der Waals surface area contributed by atoms with Crippen LogP contribution in [0.2, 0.25) is 0 Å². The van der Waals surface area contributed by atoms with Crippen LogP contribution in [0.1, 0.15) is 31.4 Å². The zero-order chi connectivity index (χ0) is 14.0. The van der Waals surface area contributed by atoms with Gasteiger partial charge in [-0.1, -0.05) is 22.9 Å². The van der Waals surface area contributed by atoms with Gasteiger partial charge in [-0.2, -0.15) is 0 Å². The van der Waals surface area contributed by atoms with Crippen LogP contribution in [0.15, 0.2) is 16.6 Å². The molecular weight excluding hydrogens is 310 g/mol. The monoisotopic (exact) mass is 327 g/mol. The van der Waals surface area contributed by atoms with Crippen molar-refractivity contribution in [3.8, 4) is 5.75 Å². The van der Waals surface area contributed by atoms with E-state index in [4.69, 9.17) is 4.74 Å². The third kappa shape index (κ3) is 2.92. The van der Waals surface area contributed by atoms with Gasteiger partial charge in [0.2, 0.25) is 0 Å². The van der Waals surface area contributed by atoms with E-state index in [1.165, 1.54) is 5.56 Å². The number of hydrogen-bond donors (Lipinski definition) is 2. The molecule has 1 atom stereocenters. The minimum atomic E-state index is -0.909. The van der Waals surface area contributed by atoms with Crippen LogP contribution in [0.3, 0.4) is 0 Å². The fourth-order valence-corrected chi connectivity index (χ4v) is 2.67. The summed E-state index contributed by atoms with van der Waals surface area (Å²) < 4.78 is 6.64. The van der Waals surface area contributed by atoms with Gasteiger partial charge in [-0.05, 0) is 31.0 Å². The van der Waals surface area contributed by atoms with E-state index in [0.29, 0.717) is 19.6 Å². The number of carboxylic acids is 1. The van der Waals surface area contributed by atoms with Crippen molar-refractivity contribution in [2.75, 3.05) is 6.61 Å². The topological polar surface area (TPSA) is 58.6 Å². The van der Waals surface area contributed by atoms with Crippen molar-refractivity contribution in [1.82, 2.24) is 5.32 Å². The smallest absolute Gasteiger partial charge is 0.323 e. The molecule has 0 saturated carbocycles. The summed E-state index contributed by atoms with van der Waals surface area (Å²) in [5.74, 6) is 0.0714. The molecule has 0 bridgehead atoms. The number of nitrogens with one attached hydrogen (secondary N) is 1. The maximum absolute atomic E-state index is 11.3. The number of ether oxygens (including phenoxy) is 1. The van der Waals surface area contributed by atoms with E-state index >= 15 is 0 Å². The summed E-state index contributed by atoms with van der Waals surface area (Å²) in [5, 5.41) is 12.4. The first kappa shape index (κ1) is 14.3. The number of halogens is 1. The number of rotatable bonds is 5. The third-order valence-corrected chi connectivity index (χ3v) is 4.13. The summed E-state index contributed by atoms with van der Waals surface area (Å²) in [6.07, 6.45) is 1.44. The largest absolute Gasteiger partial charge is 0.493 e. The summed E-state index contributed by atoms with van der Waals surface area (Å²) in [6.45, 7) is 4.75. The third-order valence-electron chi connectivity index (χ3n) is 3.67. The normalized spacial score (nSPS) is 16.6. The molecule has 1 aromatic carbocycles. The summed E-state index contributed by atoms with van der Waals surface area (Å²) in [7, 11) is 0. The Kier molecular flexibility index (Phi) is 4.16. The molecule has 0 saturated heterocycles. The van der Waals surface area contributed by atoms with E-state index in [9.17, 15) is 9.90 Å². The van der Waals surface area contributed by atoms with E-state index in [2.05, 4.69) is 27.3 Å². The number of benzene rings is 1. The molecule has 0 aromatic heterocycles. The van der Waals surface area contributed by atoms with Crippen LogP contribution in [0.4, 0.5) is 0 Å². The summed E-state index contributed by atoms with van der Waals surface area (Å²) in [4.78, 5) is 11.3. The van der Waals surface area contributed by atoms with E-state index in [0.717, 1.165) is 22.2 Å². The molecule has 0 fully saturated rings. The van der Waals surface area contributed by atoms with Crippen molar-refractivity contribution in [3.63, 3.8) is 0 Å². The van der Waals surface area contributed by atoms with E-state index in [1.807, 2.05) is 13.0 Å². The van der Waals surface area contributed by atoms with Gasteiger partial charge in [0, 0.05) is 23.0 Å². The standard InChI is InChI=1S/C14H18BrNO3/c1-3-14(2,13(17)18)16-8-10-7-11(15)6-9-4-5-19-12(9)10/h6-7,16H,3-5,8H2,1-2H3,(H,17,18). The van der Waals surface area contributed by atoms with Crippen LogP contribution in [0, 0.1) is 0 Å². The molecule has 1 aliphatic rings. The Bertz CT molecular complexity index is 504. The fourth-order valence-electron chi connectivity index (χ4n) is 2.12. The zero-order valence-electron chi connectivity index (χ0n) is 11.1. The van der Waals surface area contributed by atoms with Gasteiger partial charge in [0.05, 0.1) is 6.61 Å². The van der Waals surface area contributed by atoms with Gasteiger partial charge in [-0.25, -0.2) is 0 Å². The van der Waals surface area contributed by atoms with Gasteiger partial charge >= 0.3 is 5.97 Å². The molecule has 1 aromatic rings. The second-order valence-electron chi connectivity index (χ2n) is 5.00. The maximum atomic E-state index is 11.3. The molecule has 1 unspecified atom stereocenters. The molecule has 19 heavy (non-hydrogen) atoms. The lowest BCUT2D eigenvalue weighted by atomic mass is 9.98. The van der Waals surface area contributed by atoms with Gasteiger partial charge in [-0.3, -0.25) is 10.1 Å². The second-order valence-corrected chi connectivity index (χ2v) is 5.91. The first-order chi connectivity index (χ1) is 8.96. The molecule has 4 nitrogen and oxygen atoms in total. The zero-order valence-corrected chi connectivity index (χ0v) is 12.7. The molecule has 104 valence electrons. The number of carbonyl (C=O) groups is 1. The molecule has 1 aliphatic heterocycles. The van der Waals surface area contributed by atoms with E-state index in [-0.39, 0.29) is 0 Å². The van der Waals surface area contributed by atoms with Crippen LogP contribution < -0.4 is 10.1 Å². The van der Waals surface area contributed by atoms with Crippen molar-refractivity contribution >= 4 is 21.9 Å². The summed E-state index contributed by atoms with van der Waals surface area (Å²) >= 11 is 3.48. The van der Waals surface area contributed by atoms with Gasteiger partial charge in [0.15, 0.2) is 0 Å². The van der Waals surface area contributed by atoms with Crippen molar-refractivity contribution in [2.24, 2.45) is 0 Å². The highest BCUT2D eigenvalue weighted by Gasteiger charge is 2.30. The average molecular weight is 328 g/mol. The van der Waals surface area contributed by atoms with E-state index in [1.54, 1.807) is 6.92 Å². The van der Waals surface area contributed by atoms with Crippen LogP contribution in [-0.2, 0) is 17.8 Å². The molecule has 0 spiro atoms. The van der Waals surface area contributed by atoms with Crippen LogP contribution >= 0.6 is 15.9 Å². The number of carboxylic acid groups (broad SMARTS) is 1. The van der Waals surface area contributed by atoms with Crippen molar-refractivity contribution in [2.45, 2.75) is 38.8 Å². The molecule has 0 amide bonds. The fraction of sp³-hybridized carbons (Fsp3) is 0.500. The second kappa shape index (κ2) is 5.51. The number of hydrogen-bond acceptors (Lipinski definition) is 3. The Hall–Kier alpha value is -1.07. The van der Waals surface area contributed by atoms with Gasteiger partial charge < -0.3 is 9.84 Å². The predicted molar refractivity (Wildman–Crippen MR) is 76.5 cm³/mol. The molecule has 0 radical (unpaired) electrons. The molecule has 1 heterocycles. The predicted octanol–water partition coefficient (Wildman–Crippen LogP) is 2.73. The lowest BCUT2D eigenvalue weighted by Crippen LogP contribution is -2.48. The highest BCUT2D eigenvalue weighted by atomic mass is 79.9. The first-order valence-electron chi connectivity index (χ1n) is 6.39. The Morgan fingerprint density at radius 1 is 1.58 bits per heavy atom. The van der Waals surface area contributed by atoms with Crippen LogP contribution in [-0.4, -0.2) is 23.2 Å². The first-order valence-corrected chi connectivity index (χ1v) is 7.18. The highest BCUT2D eigenvalue weighted by molar-refractivity contribution is 9.10. The minimum Gasteiger partial charge on any atom is -0.493 e. The molecule has 5 heteroatoms. The molecule has 0 aliphatic carbocycles. The Morgan fingerprint density at radius 2 is 2.32 bits per heavy atom. The highest BCUT2D eigenvalue weighted by Crippen LogP contribution is 2.33. The lowest BCUT2D eigenvalue weighted by Gasteiger charge is -2.25. The van der Waals surface area contributed by atoms with Gasteiger partial charge in [0.1, 0.15) is 11.3 Å². The summed E-state index contributed by atoms with van der Waals surface area (Å²) in [6, 6.07) is 4.04. The Balaban J connectivity index is 2.18. The van der Waals surface area contributed by atoms with Gasteiger partial charge in [-0.15, -0.1) is 0 Å². The Morgan fingerprint density at radius 3 is 2.95 bits per heavy atom. The van der Waals surface area contributed by atoms with E-state index < -0.39 is 11.5 Å². The van der Waals surface area contributed by atoms with Crippen molar-refractivity contribution in [3.05, 3.63) is 27.7 Å². The molecule has 2 rings (SSSR count). The van der Waals surface area contributed by atoms with Gasteiger partial charge in [0.25, 0.3) is 0 Å².